The summed E-state index contributed by atoms with van der Waals surface area (Å²) in [5, 5.41) is 13.4. The van der Waals surface area contributed by atoms with Crippen molar-refractivity contribution in [3.63, 3.8) is 0 Å². The molecule has 2 rings (SSSR count). The number of halogens is 1. The normalized spacial score (nSPS) is 22.0. The second kappa shape index (κ2) is 6.76. The average Bonchev–Trinajstić information content (AvgIpc) is 2.87. The predicted molar refractivity (Wildman–Crippen MR) is 79.3 cm³/mol. The lowest BCUT2D eigenvalue weighted by molar-refractivity contribution is 0.0268. The summed E-state index contributed by atoms with van der Waals surface area (Å²) in [7, 11) is 3.22. The molecule has 0 saturated carbocycles. The fourth-order valence-corrected chi connectivity index (χ4v) is 2.66. The molecule has 0 aliphatic carbocycles. The molecule has 0 aromatic heterocycles. The van der Waals surface area contributed by atoms with E-state index in [4.69, 9.17) is 14.2 Å². The summed E-state index contributed by atoms with van der Waals surface area (Å²) < 4.78 is 16.7. The van der Waals surface area contributed by atoms with Crippen LogP contribution in [-0.2, 0) is 11.3 Å². The van der Waals surface area contributed by atoms with Crippen LogP contribution in [0, 0.1) is 0 Å². The van der Waals surface area contributed by atoms with E-state index in [0.29, 0.717) is 44.2 Å². The third kappa shape index (κ3) is 3.63. The van der Waals surface area contributed by atoms with Crippen LogP contribution in [0.3, 0.4) is 0 Å². The van der Waals surface area contributed by atoms with E-state index < -0.39 is 5.60 Å². The highest BCUT2D eigenvalue weighted by Crippen LogP contribution is 2.33. The minimum absolute atomic E-state index is 0.396. The smallest absolute Gasteiger partial charge is 0.161 e. The van der Waals surface area contributed by atoms with Gasteiger partial charge in [0.2, 0.25) is 0 Å². The number of aliphatic hydroxyl groups is 1. The molecule has 1 aliphatic rings. The van der Waals surface area contributed by atoms with Gasteiger partial charge in [0.05, 0.1) is 20.8 Å². The number of benzene rings is 1. The van der Waals surface area contributed by atoms with E-state index in [2.05, 4.69) is 21.2 Å². The Labute approximate surface area is 127 Å². The lowest BCUT2D eigenvalue weighted by Gasteiger charge is -2.21. The predicted octanol–water partition coefficient (Wildman–Crippen LogP) is 1.71. The van der Waals surface area contributed by atoms with Gasteiger partial charge in [-0.2, -0.15) is 0 Å². The third-order valence-corrected chi connectivity index (χ3v) is 4.14. The molecule has 0 amide bonds. The average molecular weight is 346 g/mol. The number of methoxy groups -OCH3 is 2. The number of rotatable bonds is 6. The van der Waals surface area contributed by atoms with Gasteiger partial charge >= 0.3 is 0 Å². The Morgan fingerprint density at radius 3 is 2.65 bits per heavy atom. The Morgan fingerprint density at radius 1 is 1.35 bits per heavy atom. The van der Waals surface area contributed by atoms with Gasteiger partial charge in [-0.25, -0.2) is 0 Å². The van der Waals surface area contributed by atoms with Crippen LogP contribution in [0.1, 0.15) is 12.0 Å². The van der Waals surface area contributed by atoms with Gasteiger partial charge in [0, 0.05) is 30.6 Å². The zero-order valence-electron chi connectivity index (χ0n) is 11.7. The Hall–Kier alpha value is -0.820. The molecular weight excluding hydrogens is 326 g/mol. The number of ether oxygens (including phenoxy) is 3. The molecule has 0 radical (unpaired) electrons. The molecule has 1 atom stereocenters. The van der Waals surface area contributed by atoms with Crippen molar-refractivity contribution in [2.24, 2.45) is 0 Å². The molecule has 1 heterocycles. The van der Waals surface area contributed by atoms with Crippen LogP contribution >= 0.6 is 15.9 Å². The summed E-state index contributed by atoms with van der Waals surface area (Å²) in [5.41, 5.74) is 0.299. The quantitative estimate of drug-likeness (QED) is 0.821. The molecule has 5 nitrogen and oxygen atoms in total. The molecule has 1 unspecified atom stereocenters. The van der Waals surface area contributed by atoms with Gasteiger partial charge in [-0.1, -0.05) is 15.9 Å². The van der Waals surface area contributed by atoms with Crippen molar-refractivity contribution in [2.75, 3.05) is 34.0 Å². The molecule has 1 aliphatic heterocycles. The maximum Gasteiger partial charge on any atom is 0.161 e. The molecule has 0 spiro atoms. The molecule has 2 N–H and O–H groups in total. The van der Waals surface area contributed by atoms with E-state index in [1.165, 1.54) is 0 Å². The zero-order chi connectivity index (χ0) is 14.6. The minimum Gasteiger partial charge on any atom is -0.493 e. The Bertz CT molecular complexity index is 461. The van der Waals surface area contributed by atoms with Crippen molar-refractivity contribution in [3.05, 3.63) is 22.2 Å². The van der Waals surface area contributed by atoms with Gasteiger partial charge in [0.15, 0.2) is 11.5 Å². The number of nitrogens with one attached hydrogen (secondary N) is 1. The monoisotopic (exact) mass is 345 g/mol. The standard InChI is InChI=1S/C14H20BrNO4/c1-18-12-5-10(11(15)6-13(12)19-2)7-16-8-14(17)3-4-20-9-14/h5-6,16-17H,3-4,7-9H2,1-2H3. The van der Waals surface area contributed by atoms with Crippen LogP contribution in [-0.4, -0.2) is 44.7 Å². The van der Waals surface area contributed by atoms with Crippen LogP contribution in [0.25, 0.3) is 0 Å². The summed E-state index contributed by atoms with van der Waals surface area (Å²) in [6, 6.07) is 3.80. The first kappa shape index (κ1) is 15.6. The molecular formula is C14H20BrNO4. The highest BCUT2D eigenvalue weighted by molar-refractivity contribution is 9.10. The van der Waals surface area contributed by atoms with E-state index in [9.17, 15) is 5.11 Å². The summed E-state index contributed by atoms with van der Waals surface area (Å²) in [4.78, 5) is 0. The largest absolute Gasteiger partial charge is 0.493 e. The van der Waals surface area contributed by atoms with Crippen molar-refractivity contribution >= 4 is 15.9 Å². The zero-order valence-corrected chi connectivity index (χ0v) is 13.3. The van der Waals surface area contributed by atoms with Crippen LogP contribution in [0.2, 0.25) is 0 Å². The lowest BCUT2D eigenvalue weighted by Crippen LogP contribution is -2.40. The van der Waals surface area contributed by atoms with E-state index in [-0.39, 0.29) is 0 Å². The highest BCUT2D eigenvalue weighted by Gasteiger charge is 2.31. The molecule has 1 saturated heterocycles. The number of hydrogen-bond donors (Lipinski definition) is 2. The Balaban J connectivity index is 1.98. The van der Waals surface area contributed by atoms with Crippen LogP contribution in [0.15, 0.2) is 16.6 Å². The van der Waals surface area contributed by atoms with Crippen LogP contribution < -0.4 is 14.8 Å². The first-order valence-electron chi connectivity index (χ1n) is 6.49. The first-order valence-corrected chi connectivity index (χ1v) is 7.28. The van der Waals surface area contributed by atoms with Gasteiger partial charge in [0.1, 0.15) is 5.60 Å². The molecule has 112 valence electrons. The maximum atomic E-state index is 10.2. The maximum absolute atomic E-state index is 10.2. The fourth-order valence-electron chi connectivity index (χ4n) is 2.20. The minimum atomic E-state index is -0.747. The van der Waals surface area contributed by atoms with Gasteiger partial charge in [-0.15, -0.1) is 0 Å². The Morgan fingerprint density at radius 2 is 2.05 bits per heavy atom. The van der Waals surface area contributed by atoms with Crippen LogP contribution in [0.4, 0.5) is 0 Å². The summed E-state index contributed by atoms with van der Waals surface area (Å²) in [5.74, 6) is 1.38. The fraction of sp³-hybridized carbons (Fsp3) is 0.571. The molecule has 1 aromatic rings. The SMILES string of the molecule is COc1cc(Br)c(CNCC2(O)CCOC2)cc1OC. The topological polar surface area (TPSA) is 60.0 Å². The van der Waals surface area contributed by atoms with Gasteiger partial charge in [-0.3, -0.25) is 0 Å². The molecule has 20 heavy (non-hydrogen) atoms. The van der Waals surface area contributed by atoms with E-state index in [1.54, 1.807) is 14.2 Å². The van der Waals surface area contributed by atoms with E-state index in [0.717, 1.165) is 10.0 Å². The van der Waals surface area contributed by atoms with Crippen molar-refractivity contribution in [1.82, 2.24) is 5.32 Å². The van der Waals surface area contributed by atoms with Gasteiger partial charge in [-0.05, 0) is 17.7 Å². The second-order valence-electron chi connectivity index (χ2n) is 4.93. The molecule has 1 aromatic carbocycles. The summed E-state index contributed by atoms with van der Waals surface area (Å²) in [6.07, 6.45) is 0.674. The van der Waals surface area contributed by atoms with Crippen LogP contribution in [0.5, 0.6) is 11.5 Å². The second-order valence-corrected chi connectivity index (χ2v) is 5.78. The van der Waals surface area contributed by atoms with E-state index >= 15 is 0 Å². The van der Waals surface area contributed by atoms with E-state index in [1.807, 2.05) is 12.1 Å². The highest BCUT2D eigenvalue weighted by atomic mass is 79.9. The van der Waals surface area contributed by atoms with Crippen molar-refractivity contribution in [2.45, 2.75) is 18.6 Å². The summed E-state index contributed by atoms with van der Waals surface area (Å²) >= 11 is 3.52. The molecule has 6 heteroatoms. The third-order valence-electron chi connectivity index (χ3n) is 3.40. The summed E-state index contributed by atoms with van der Waals surface area (Å²) in [6.45, 7) is 2.16. The van der Waals surface area contributed by atoms with Gasteiger partial charge < -0.3 is 24.6 Å². The first-order chi connectivity index (χ1) is 9.58. The molecule has 0 bridgehead atoms. The van der Waals surface area contributed by atoms with Crippen molar-refractivity contribution in [1.29, 1.82) is 0 Å². The molecule has 1 fully saturated rings. The number of hydrogen-bond acceptors (Lipinski definition) is 5. The lowest BCUT2D eigenvalue weighted by atomic mass is 10.0. The van der Waals surface area contributed by atoms with Crippen molar-refractivity contribution < 1.29 is 19.3 Å². The van der Waals surface area contributed by atoms with Gasteiger partial charge in [0.25, 0.3) is 0 Å². The van der Waals surface area contributed by atoms with Crippen molar-refractivity contribution in [3.8, 4) is 11.5 Å². The Kier molecular flexibility index (Phi) is 5.26.